The van der Waals surface area contributed by atoms with E-state index in [0.29, 0.717) is 12.1 Å². The largest absolute Gasteiger partial charge is 0.346 e. The van der Waals surface area contributed by atoms with Crippen molar-refractivity contribution in [3.63, 3.8) is 0 Å². The van der Waals surface area contributed by atoms with E-state index in [0.717, 1.165) is 16.3 Å². The molecule has 0 aliphatic heterocycles. The van der Waals surface area contributed by atoms with E-state index in [2.05, 4.69) is 10.3 Å². The molecule has 0 aliphatic carbocycles. The Hall–Kier alpha value is -2.53. The van der Waals surface area contributed by atoms with Crippen LogP contribution >= 0.6 is 11.3 Å². The van der Waals surface area contributed by atoms with Crippen LogP contribution in [0.5, 0.6) is 0 Å². The number of hydrogen-bond acceptors (Lipinski definition) is 3. The first-order chi connectivity index (χ1) is 10.7. The van der Waals surface area contributed by atoms with Gasteiger partial charge in [0.2, 0.25) is 0 Å². The molecule has 3 rings (SSSR count). The van der Waals surface area contributed by atoms with Crippen molar-refractivity contribution in [2.24, 2.45) is 0 Å². The van der Waals surface area contributed by atoms with E-state index in [1.54, 1.807) is 11.3 Å². The van der Waals surface area contributed by atoms with Crippen LogP contribution < -0.4 is 5.32 Å². The van der Waals surface area contributed by atoms with Crippen LogP contribution in [0.3, 0.4) is 0 Å². The summed E-state index contributed by atoms with van der Waals surface area (Å²) in [5.74, 6) is -0.599. The Morgan fingerprint density at radius 2 is 1.82 bits per heavy atom. The lowest BCUT2D eigenvalue weighted by atomic mass is 10.2. The molecular formula is C17H13FN2OS. The molecule has 3 aromatic rings. The van der Waals surface area contributed by atoms with Gasteiger partial charge in [0.25, 0.3) is 5.91 Å². The molecule has 0 aliphatic rings. The summed E-state index contributed by atoms with van der Waals surface area (Å²) in [6.45, 7) is 0.347. The fourth-order valence-electron chi connectivity index (χ4n) is 1.98. The Bertz CT molecular complexity index is 769. The summed E-state index contributed by atoms with van der Waals surface area (Å²) in [6, 6.07) is 15.3. The van der Waals surface area contributed by atoms with Gasteiger partial charge in [0.05, 0.1) is 12.2 Å². The van der Waals surface area contributed by atoms with Gasteiger partial charge in [-0.05, 0) is 24.3 Å². The molecule has 110 valence electrons. The van der Waals surface area contributed by atoms with Gasteiger partial charge in [0.15, 0.2) is 0 Å². The molecule has 0 spiro atoms. The highest BCUT2D eigenvalue weighted by molar-refractivity contribution is 7.13. The predicted molar refractivity (Wildman–Crippen MR) is 85.1 cm³/mol. The number of amides is 1. The molecule has 22 heavy (non-hydrogen) atoms. The number of carbonyl (C=O) groups is 1. The molecule has 0 saturated carbocycles. The minimum atomic E-state index is -0.358. The average molecular weight is 312 g/mol. The fraction of sp³-hybridized carbons (Fsp3) is 0.0588. The smallest absolute Gasteiger partial charge is 0.251 e. The highest BCUT2D eigenvalue weighted by Gasteiger charge is 2.08. The van der Waals surface area contributed by atoms with Crippen molar-refractivity contribution in [2.45, 2.75) is 6.54 Å². The van der Waals surface area contributed by atoms with E-state index >= 15 is 0 Å². The topological polar surface area (TPSA) is 42.0 Å². The predicted octanol–water partition coefficient (Wildman–Crippen LogP) is 3.88. The number of thiazole rings is 1. The van der Waals surface area contributed by atoms with Gasteiger partial charge in [-0.2, -0.15) is 0 Å². The Balaban J connectivity index is 1.64. The maximum atomic E-state index is 12.8. The summed E-state index contributed by atoms with van der Waals surface area (Å²) in [7, 11) is 0. The molecule has 1 aromatic heterocycles. The summed E-state index contributed by atoms with van der Waals surface area (Å²) < 4.78 is 12.8. The molecule has 0 bridgehead atoms. The number of rotatable bonds is 4. The second-order valence-electron chi connectivity index (χ2n) is 4.70. The SMILES string of the molecule is O=C(NCc1csc(-c2ccccc2)n1)c1ccc(F)cc1. The maximum Gasteiger partial charge on any atom is 0.251 e. The van der Waals surface area contributed by atoms with Crippen molar-refractivity contribution in [1.29, 1.82) is 0 Å². The Kier molecular flexibility index (Phi) is 4.25. The van der Waals surface area contributed by atoms with Gasteiger partial charge in [-0.3, -0.25) is 4.79 Å². The van der Waals surface area contributed by atoms with Crippen LogP contribution in [0.15, 0.2) is 60.0 Å². The van der Waals surface area contributed by atoms with Crippen LogP contribution in [-0.2, 0) is 6.54 Å². The third-order valence-corrected chi connectivity index (χ3v) is 4.05. The summed E-state index contributed by atoms with van der Waals surface area (Å²) in [6.07, 6.45) is 0. The van der Waals surface area contributed by atoms with Crippen molar-refractivity contribution in [3.05, 3.63) is 77.1 Å². The first kappa shape index (κ1) is 14.4. The number of benzene rings is 2. The minimum absolute atomic E-state index is 0.241. The van der Waals surface area contributed by atoms with E-state index in [-0.39, 0.29) is 11.7 Å². The summed E-state index contributed by atoms with van der Waals surface area (Å²) in [4.78, 5) is 16.5. The van der Waals surface area contributed by atoms with Crippen LogP contribution in [0.4, 0.5) is 4.39 Å². The lowest BCUT2D eigenvalue weighted by molar-refractivity contribution is 0.0950. The average Bonchev–Trinajstić information content (AvgIpc) is 3.03. The zero-order valence-electron chi connectivity index (χ0n) is 11.6. The van der Waals surface area contributed by atoms with Crippen molar-refractivity contribution >= 4 is 17.2 Å². The van der Waals surface area contributed by atoms with E-state index in [4.69, 9.17) is 0 Å². The Morgan fingerprint density at radius 1 is 1.09 bits per heavy atom. The van der Waals surface area contributed by atoms with Crippen molar-refractivity contribution < 1.29 is 9.18 Å². The van der Waals surface area contributed by atoms with Crippen molar-refractivity contribution in [1.82, 2.24) is 10.3 Å². The standard InChI is InChI=1S/C17H13FN2OS/c18-14-8-6-12(7-9-14)16(21)19-10-15-11-22-17(20-15)13-4-2-1-3-5-13/h1-9,11H,10H2,(H,19,21). The summed E-state index contributed by atoms with van der Waals surface area (Å²) in [5.41, 5.74) is 2.29. The molecular weight excluding hydrogens is 299 g/mol. The molecule has 1 amide bonds. The van der Waals surface area contributed by atoms with Crippen molar-refractivity contribution in [3.8, 4) is 10.6 Å². The molecule has 3 nitrogen and oxygen atoms in total. The lowest BCUT2D eigenvalue weighted by Crippen LogP contribution is -2.22. The highest BCUT2D eigenvalue weighted by Crippen LogP contribution is 2.23. The second kappa shape index (κ2) is 6.49. The third-order valence-electron chi connectivity index (χ3n) is 3.11. The first-order valence-electron chi connectivity index (χ1n) is 6.76. The molecule has 0 unspecified atom stereocenters. The molecule has 2 aromatic carbocycles. The number of aromatic nitrogens is 1. The zero-order chi connectivity index (χ0) is 15.4. The Labute approximate surface area is 131 Å². The highest BCUT2D eigenvalue weighted by atomic mass is 32.1. The number of nitrogens with zero attached hydrogens (tertiary/aromatic N) is 1. The molecule has 0 radical (unpaired) electrons. The van der Waals surface area contributed by atoms with Gasteiger partial charge in [0, 0.05) is 16.5 Å². The van der Waals surface area contributed by atoms with Gasteiger partial charge in [-0.15, -0.1) is 11.3 Å². The van der Waals surface area contributed by atoms with Gasteiger partial charge in [0.1, 0.15) is 10.8 Å². The normalized spacial score (nSPS) is 10.4. The monoisotopic (exact) mass is 312 g/mol. The lowest BCUT2D eigenvalue weighted by Gasteiger charge is -2.03. The van der Waals surface area contributed by atoms with Crippen LogP contribution in [0.1, 0.15) is 16.1 Å². The van der Waals surface area contributed by atoms with Crippen LogP contribution in [0.25, 0.3) is 10.6 Å². The van der Waals surface area contributed by atoms with Crippen molar-refractivity contribution in [2.75, 3.05) is 0 Å². The van der Waals surface area contributed by atoms with Gasteiger partial charge < -0.3 is 5.32 Å². The number of hydrogen-bond donors (Lipinski definition) is 1. The number of nitrogens with one attached hydrogen (secondary N) is 1. The molecule has 1 heterocycles. The number of halogens is 1. The minimum Gasteiger partial charge on any atom is -0.346 e. The molecule has 0 atom stereocenters. The van der Waals surface area contributed by atoms with Gasteiger partial charge >= 0.3 is 0 Å². The van der Waals surface area contributed by atoms with Crippen LogP contribution in [0.2, 0.25) is 0 Å². The maximum absolute atomic E-state index is 12.8. The quantitative estimate of drug-likeness (QED) is 0.794. The van der Waals surface area contributed by atoms with E-state index in [1.165, 1.54) is 24.3 Å². The molecule has 5 heteroatoms. The van der Waals surface area contributed by atoms with Crippen LogP contribution in [-0.4, -0.2) is 10.9 Å². The van der Waals surface area contributed by atoms with Crippen LogP contribution in [0, 0.1) is 5.82 Å². The van der Waals surface area contributed by atoms with E-state index in [1.807, 2.05) is 35.7 Å². The van der Waals surface area contributed by atoms with Gasteiger partial charge in [-0.25, -0.2) is 9.37 Å². The van der Waals surface area contributed by atoms with E-state index in [9.17, 15) is 9.18 Å². The zero-order valence-corrected chi connectivity index (χ0v) is 12.4. The molecule has 0 fully saturated rings. The first-order valence-corrected chi connectivity index (χ1v) is 7.64. The second-order valence-corrected chi connectivity index (χ2v) is 5.56. The Morgan fingerprint density at radius 3 is 2.55 bits per heavy atom. The van der Waals surface area contributed by atoms with Gasteiger partial charge in [-0.1, -0.05) is 30.3 Å². The fourth-order valence-corrected chi connectivity index (χ4v) is 2.80. The summed E-state index contributed by atoms with van der Waals surface area (Å²) in [5, 5.41) is 5.63. The summed E-state index contributed by atoms with van der Waals surface area (Å²) >= 11 is 1.54. The molecule has 1 N–H and O–H groups in total. The molecule has 0 saturated heterocycles. The van der Waals surface area contributed by atoms with E-state index < -0.39 is 0 Å². The number of carbonyl (C=O) groups excluding carboxylic acids is 1. The third kappa shape index (κ3) is 3.38.